The fourth-order valence-corrected chi connectivity index (χ4v) is 3.03. The number of anilines is 1. The second-order valence-electron chi connectivity index (χ2n) is 6.06. The van der Waals surface area contributed by atoms with Crippen LogP contribution in [0.25, 0.3) is 0 Å². The van der Waals surface area contributed by atoms with Crippen LogP contribution in [0.4, 0.5) is 5.69 Å². The minimum Gasteiger partial charge on any atom is -0.489 e. The molecule has 2 saturated heterocycles. The Morgan fingerprint density at radius 1 is 1.40 bits per heavy atom. The maximum Gasteiger partial charge on any atom is 0.226 e. The third-order valence-electron chi connectivity index (χ3n) is 4.09. The average molecular weight is 391 g/mol. The predicted molar refractivity (Wildman–Crippen MR) is 99.0 cm³/mol. The van der Waals surface area contributed by atoms with Crippen LogP contribution in [0.5, 0.6) is 5.75 Å². The number of hydrogen-bond donors (Lipinski definition) is 2. The van der Waals surface area contributed by atoms with Gasteiger partial charge in [-0.1, -0.05) is 11.6 Å². The molecule has 0 aliphatic carbocycles. The molecule has 0 saturated carbocycles. The summed E-state index contributed by atoms with van der Waals surface area (Å²) >= 11 is 6.06. The van der Waals surface area contributed by atoms with Gasteiger partial charge in [0.05, 0.1) is 25.0 Å². The van der Waals surface area contributed by atoms with Crippen molar-refractivity contribution in [3.63, 3.8) is 0 Å². The molecule has 2 atom stereocenters. The van der Waals surface area contributed by atoms with Gasteiger partial charge < -0.3 is 24.8 Å². The Balaban J connectivity index is 0.00000225. The van der Waals surface area contributed by atoms with Crippen molar-refractivity contribution >= 4 is 35.6 Å². The quantitative estimate of drug-likeness (QED) is 0.781. The summed E-state index contributed by atoms with van der Waals surface area (Å²) < 4.78 is 16.8. The lowest BCUT2D eigenvalue weighted by molar-refractivity contribution is -0.117. The number of halogens is 2. The summed E-state index contributed by atoms with van der Waals surface area (Å²) in [5.74, 6) is 0.512. The second kappa shape index (κ2) is 10.2. The molecule has 6 nitrogen and oxygen atoms in total. The Hall–Kier alpha value is -1.05. The van der Waals surface area contributed by atoms with Crippen LogP contribution in [0.3, 0.4) is 0 Å². The van der Waals surface area contributed by atoms with Crippen molar-refractivity contribution in [2.75, 3.05) is 38.3 Å². The summed E-state index contributed by atoms with van der Waals surface area (Å²) in [6, 6.07) is 5.26. The normalized spacial score (nSPS) is 22.9. The summed E-state index contributed by atoms with van der Waals surface area (Å²) in [7, 11) is 0. The molecule has 8 heteroatoms. The number of amides is 1. The van der Waals surface area contributed by atoms with E-state index in [4.69, 9.17) is 25.8 Å². The summed E-state index contributed by atoms with van der Waals surface area (Å²) in [4.78, 5) is 12.3. The molecule has 1 amide bonds. The van der Waals surface area contributed by atoms with Crippen molar-refractivity contribution in [1.82, 2.24) is 5.32 Å². The van der Waals surface area contributed by atoms with Gasteiger partial charge in [0.1, 0.15) is 12.4 Å². The highest BCUT2D eigenvalue weighted by molar-refractivity contribution is 6.31. The lowest BCUT2D eigenvalue weighted by atomic mass is 10.2. The number of morpholine rings is 1. The largest absolute Gasteiger partial charge is 0.489 e. The molecule has 25 heavy (non-hydrogen) atoms. The van der Waals surface area contributed by atoms with Gasteiger partial charge in [0.25, 0.3) is 0 Å². The SMILES string of the molecule is Cl.O=C(CC1COCCN1)Nc1cc(Cl)ccc1OCC1CCCO1. The van der Waals surface area contributed by atoms with Crippen molar-refractivity contribution in [3.8, 4) is 5.75 Å². The Morgan fingerprint density at radius 2 is 2.28 bits per heavy atom. The first-order valence-electron chi connectivity index (χ1n) is 8.35. The highest BCUT2D eigenvalue weighted by Crippen LogP contribution is 2.29. The zero-order chi connectivity index (χ0) is 16.8. The van der Waals surface area contributed by atoms with Crippen molar-refractivity contribution in [3.05, 3.63) is 23.2 Å². The molecule has 2 fully saturated rings. The molecule has 2 unspecified atom stereocenters. The van der Waals surface area contributed by atoms with Crippen LogP contribution in [0.2, 0.25) is 5.02 Å². The Kier molecular flexibility index (Phi) is 8.26. The van der Waals surface area contributed by atoms with Crippen LogP contribution in [0, 0.1) is 0 Å². The number of carbonyl (C=O) groups is 1. The first-order chi connectivity index (χ1) is 11.7. The van der Waals surface area contributed by atoms with Gasteiger partial charge in [-0.05, 0) is 31.0 Å². The van der Waals surface area contributed by atoms with E-state index < -0.39 is 0 Å². The van der Waals surface area contributed by atoms with Gasteiger partial charge in [-0.2, -0.15) is 0 Å². The van der Waals surface area contributed by atoms with Crippen molar-refractivity contribution in [2.45, 2.75) is 31.4 Å². The van der Waals surface area contributed by atoms with Crippen molar-refractivity contribution in [1.29, 1.82) is 0 Å². The molecule has 1 aromatic rings. The van der Waals surface area contributed by atoms with Gasteiger partial charge in [0.2, 0.25) is 5.91 Å². The molecule has 0 bridgehead atoms. The van der Waals surface area contributed by atoms with Crippen LogP contribution in [-0.2, 0) is 14.3 Å². The predicted octanol–water partition coefficient (Wildman–Crippen LogP) is 2.64. The van der Waals surface area contributed by atoms with Gasteiger partial charge in [0.15, 0.2) is 0 Å². The lowest BCUT2D eigenvalue weighted by Crippen LogP contribution is -2.43. The number of hydrogen-bond acceptors (Lipinski definition) is 5. The smallest absolute Gasteiger partial charge is 0.226 e. The summed E-state index contributed by atoms with van der Waals surface area (Å²) in [6.45, 7) is 3.26. The van der Waals surface area contributed by atoms with Crippen molar-refractivity contribution in [2.24, 2.45) is 0 Å². The molecule has 0 aromatic heterocycles. The minimum absolute atomic E-state index is 0. The third kappa shape index (κ3) is 6.31. The third-order valence-corrected chi connectivity index (χ3v) is 4.33. The van der Waals surface area contributed by atoms with E-state index in [1.165, 1.54) is 0 Å². The van der Waals surface area contributed by atoms with Gasteiger partial charge in [-0.15, -0.1) is 12.4 Å². The molecule has 0 radical (unpaired) electrons. The Bertz CT molecular complexity index is 562. The summed E-state index contributed by atoms with van der Waals surface area (Å²) in [6.07, 6.45) is 2.53. The van der Waals surface area contributed by atoms with E-state index in [2.05, 4.69) is 10.6 Å². The molecule has 2 aliphatic rings. The van der Waals surface area contributed by atoms with Gasteiger partial charge in [-0.25, -0.2) is 0 Å². The first kappa shape index (κ1) is 20.3. The molecule has 0 spiro atoms. The first-order valence-corrected chi connectivity index (χ1v) is 8.73. The van der Waals surface area contributed by atoms with E-state index in [1.807, 2.05) is 0 Å². The number of ether oxygens (including phenoxy) is 3. The zero-order valence-corrected chi connectivity index (χ0v) is 15.5. The van der Waals surface area contributed by atoms with E-state index in [0.29, 0.717) is 42.7 Å². The molecule has 3 rings (SSSR count). The van der Waals surface area contributed by atoms with Crippen LogP contribution < -0.4 is 15.4 Å². The molecular formula is C17H24Cl2N2O4. The molecule has 2 aliphatic heterocycles. The van der Waals surface area contributed by atoms with E-state index in [0.717, 1.165) is 26.0 Å². The molecule has 140 valence electrons. The number of benzene rings is 1. The fourth-order valence-electron chi connectivity index (χ4n) is 2.86. The fraction of sp³-hybridized carbons (Fsp3) is 0.588. The van der Waals surface area contributed by atoms with Gasteiger partial charge in [0, 0.05) is 30.6 Å². The van der Waals surface area contributed by atoms with Crippen LogP contribution >= 0.6 is 24.0 Å². The standard InChI is InChI=1S/C17H23ClN2O4.ClH/c18-12-3-4-16(24-11-14-2-1-6-23-14)15(8-12)20-17(21)9-13-10-22-7-5-19-13;/h3-4,8,13-14,19H,1-2,5-7,9-11H2,(H,20,21);1H. The highest BCUT2D eigenvalue weighted by atomic mass is 35.5. The average Bonchev–Trinajstić information content (AvgIpc) is 3.08. The van der Waals surface area contributed by atoms with E-state index in [1.54, 1.807) is 18.2 Å². The number of carbonyl (C=O) groups excluding carboxylic acids is 1. The van der Waals surface area contributed by atoms with E-state index in [-0.39, 0.29) is 30.5 Å². The maximum atomic E-state index is 12.3. The van der Waals surface area contributed by atoms with Crippen LogP contribution in [0.15, 0.2) is 18.2 Å². The number of nitrogens with one attached hydrogen (secondary N) is 2. The second-order valence-corrected chi connectivity index (χ2v) is 6.50. The highest BCUT2D eigenvalue weighted by Gasteiger charge is 2.19. The lowest BCUT2D eigenvalue weighted by Gasteiger charge is -2.23. The van der Waals surface area contributed by atoms with E-state index in [9.17, 15) is 4.79 Å². The Labute approximate surface area is 158 Å². The molecule has 1 aromatic carbocycles. The Morgan fingerprint density at radius 3 is 3.00 bits per heavy atom. The van der Waals surface area contributed by atoms with Crippen molar-refractivity contribution < 1.29 is 19.0 Å². The van der Waals surface area contributed by atoms with Crippen LogP contribution in [-0.4, -0.2) is 51.0 Å². The molecule has 2 heterocycles. The van der Waals surface area contributed by atoms with Gasteiger partial charge >= 0.3 is 0 Å². The topological polar surface area (TPSA) is 68.8 Å². The van der Waals surface area contributed by atoms with E-state index >= 15 is 0 Å². The van der Waals surface area contributed by atoms with Crippen LogP contribution in [0.1, 0.15) is 19.3 Å². The maximum absolute atomic E-state index is 12.3. The monoisotopic (exact) mass is 390 g/mol. The molecular weight excluding hydrogens is 367 g/mol. The number of rotatable bonds is 6. The zero-order valence-electron chi connectivity index (χ0n) is 14.0. The molecule has 2 N–H and O–H groups in total. The summed E-state index contributed by atoms with van der Waals surface area (Å²) in [5.41, 5.74) is 0.585. The minimum atomic E-state index is -0.0952. The summed E-state index contributed by atoms with van der Waals surface area (Å²) in [5, 5.41) is 6.70. The van der Waals surface area contributed by atoms with Gasteiger partial charge in [-0.3, -0.25) is 4.79 Å².